The number of aliphatic hydroxyl groups is 1. The normalized spacial score (nSPS) is 21.0. The van der Waals surface area contributed by atoms with Crippen molar-refractivity contribution in [2.24, 2.45) is 0 Å². The van der Waals surface area contributed by atoms with Gasteiger partial charge in [-0.05, 0) is 30.7 Å². The number of halogens is 1. The highest BCUT2D eigenvalue weighted by molar-refractivity contribution is 7.91. The molecular weight excluding hydrogens is 309 g/mol. The highest BCUT2D eigenvalue weighted by Crippen LogP contribution is 2.24. The molecule has 1 aliphatic heterocycles. The Morgan fingerprint density at radius 2 is 2.18 bits per heavy atom. The zero-order valence-electron chi connectivity index (χ0n) is 12.0. The molecule has 2 heterocycles. The average Bonchev–Trinajstić information content (AvgIpc) is 3.00. The van der Waals surface area contributed by atoms with Crippen molar-refractivity contribution in [2.75, 3.05) is 24.7 Å². The maximum absolute atomic E-state index is 13.2. The van der Waals surface area contributed by atoms with E-state index in [4.69, 9.17) is 4.42 Å². The van der Waals surface area contributed by atoms with Crippen molar-refractivity contribution in [3.05, 3.63) is 35.8 Å². The van der Waals surface area contributed by atoms with E-state index < -0.39 is 9.84 Å². The third-order valence-corrected chi connectivity index (χ3v) is 5.75. The number of hydrogen-bond acceptors (Lipinski definition) is 5. The van der Waals surface area contributed by atoms with Gasteiger partial charge in [0.05, 0.1) is 24.7 Å². The summed E-state index contributed by atoms with van der Waals surface area (Å²) in [6, 6.07) is 5.96. The number of furan rings is 1. The fourth-order valence-corrected chi connectivity index (χ4v) is 4.69. The lowest BCUT2D eigenvalue weighted by Crippen LogP contribution is -2.37. The molecule has 7 heteroatoms. The molecule has 0 spiro atoms. The third-order valence-electron chi connectivity index (χ3n) is 4.00. The Balaban J connectivity index is 1.80. The van der Waals surface area contributed by atoms with Gasteiger partial charge in [-0.2, -0.15) is 0 Å². The molecule has 1 unspecified atom stereocenters. The van der Waals surface area contributed by atoms with Crippen LogP contribution in [-0.2, 0) is 16.4 Å². The Morgan fingerprint density at radius 1 is 1.36 bits per heavy atom. The number of fused-ring (bicyclic) bond motifs is 1. The highest BCUT2D eigenvalue weighted by Gasteiger charge is 2.32. The molecule has 0 amide bonds. The summed E-state index contributed by atoms with van der Waals surface area (Å²) in [4.78, 5) is 1.92. The molecule has 1 aromatic heterocycles. The first-order valence-electron chi connectivity index (χ1n) is 7.20. The molecule has 1 N–H and O–H groups in total. The van der Waals surface area contributed by atoms with Crippen molar-refractivity contribution in [1.29, 1.82) is 0 Å². The highest BCUT2D eigenvalue weighted by atomic mass is 32.2. The quantitative estimate of drug-likeness (QED) is 0.902. The first-order valence-corrected chi connectivity index (χ1v) is 9.02. The number of sulfone groups is 1. The van der Waals surface area contributed by atoms with E-state index in [2.05, 4.69) is 0 Å². The Hall–Kier alpha value is -1.44. The topological polar surface area (TPSA) is 70.8 Å². The molecule has 2 aromatic rings. The van der Waals surface area contributed by atoms with Crippen LogP contribution in [-0.4, -0.2) is 49.1 Å². The largest absolute Gasteiger partial charge is 0.460 e. The fourth-order valence-electron chi connectivity index (χ4n) is 2.93. The molecular formula is C15H18FNO4S. The number of rotatable bonds is 5. The number of nitrogens with zero attached hydrogens (tertiary/aromatic N) is 1. The predicted molar refractivity (Wildman–Crippen MR) is 80.7 cm³/mol. The molecule has 1 aliphatic rings. The molecule has 1 saturated heterocycles. The van der Waals surface area contributed by atoms with Gasteiger partial charge in [0.25, 0.3) is 0 Å². The van der Waals surface area contributed by atoms with Crippen LogP contribution in [0.15, 0.2) is 28.7 Å². The standard InChI is InChI=1S/C15H18FNO4S/c16-12-1-2-15-11(7-12)8-14(21-15)9-17(4-5-18)13-3-6-22(19,20)10-13/h1-2,7-8,13,18H,3-6,9-10H2. The van der Waals surface area contributed by atoms with E-state index in [9.17, 15) is 17.9 Å². The molecule has 22 heavy (non-hydrogen) atoms. The molecule has 1 fully saturated rings. The van der Waals surface area contributed by atoms with Crippen LogP contribution < -0.4 is 0 Å². The van der Waals surface area contributed by atoms with Crippen molar-refractivity contribution >= 4 is 20.8 Å². The summed E-state index contributed by atoms with van der Waals surface area (Å²) >= 11 is 0. The SMILES string of the molecule is O=S1(=O)CCC(N(CCO)Cc2cc3cc(F)ccc3o2)C1. The minimum atomic E-state index is -2.98. The van der Waals surface area contributed by atoms with Crippen LogP contribution in [0.25, 0.3) is 11.0 Å². The summed E-state index contributed by atoms with van der Waals surface area (Å²) in [5, 5.41) is 9.89. The second-order valence-corrected chi connectivity index (χ2v) is 7.87. The zero-order chi connectivity index (χ0) is 15.7. The van der Waals surface area contributed by atoms with Crippen molar-refractivity contribution < 1.29 is 22.3 Å². The van der Waals surface area contributed by atoms with Gasteiger partial charge in [0, 0.05) is 18.0 Å². The molecule has 120 valence electrons. The number of hydrogen-bond donors (Lipinski definition) is 1. The van der Waals surface area contributed by atoms with Gasteiger partial charge in [-0.3, -0.25) is 4.90 Å². The van der Waals surface area contributed by atoms with Gasteiger partial charge in [0.1, 0.15) is 17.2 Å². The second-order valence-electron chi connectivity index (χ2n) is 5.65. The predicted octanol–water partition coefficient (Wildman–Crippen LogP) is 1.55. The summed E-state index contributed by atoms with van der Waals surface area (Å²) in [5.41, 5.74) is 0.597. The van der Waals surface area contributed by atoms with E-state index in [1.54, 1.807) is 12.1 Å². The molecule has 1 aromatic carbocycles. The third kappa shape index (κ3) is 3.31. The van der Waals surface area contributed by atoms with Crippen LogP contribution in [0.4, 0.5) is 4.39 Å². The van der Waals surface area contributed by atoms with Gasteiger partial charge in [-0.25, -0.2) is 12.8 Å². The molecule has 3 rings (SSSR count). The zero-order valence-corrected chi connectivity index (χ0v) is 12.9. The Labute approximate surface area is 128 Å². The first-order chi connectivity index (χ1) is 10.5. The Kier molecular flexibility index (Phi) is 4.20. The maximum atomic E-state index is 13.2. The Bertz CT molecular complexity index is 771. The van der Waals surface area contributed by atoms with Crippen LogP contribution in [0.5, 0.6) is 0 Å². The van der Waals surface area contributed by atoms with Gasteiger partial charge in [0.15, 0.2) is 9.84 Å². The second kappa shape index (κ2) is 5.98. The first kappa shape index (κ1) is 15.5. The van der Waals surface area contributed by atoms with Gasteiger partial charge in [-0.15, -0.1) is 0 Å². The van der Waals surface area contributed by atoms with Crippen LogP contribution in [0.3, 0.4) is 0 Å². The summed E-state index contributed by atoms with van der Waals surface area (Å²) in [7, 11) is -2.98. The van der Waals surface area contributed by atoms with Gasteiger partial charge >= 0.3 is 0 Å². The summed E-state index contributed by atoms with van der Waals surface area (Å²) in [6.07, 6.45) is 0.567. The van der Waals surface area contributed by atoms with Crippen molar-refractivity contribution in [3.8, 4) is 0 Å². The number of aliphatic hydroxyl groups excluding tert-OH is 1. The molecule has 5 nitrogen and oxygen atoms in total. The fraction of sp³-hybridized carbons (Fsp3) is 0.467. The van der Waals surface area contributed by atoms with Crippen LogP contribution >= 0.6 is 0 Å². The van der Waals surface area contributed by atoms with Crippen molar-refractivity contribution in [2.45, 2.75) is 19.0 Å². The molecule has 1 atom stereocenters. The molecule has 0 aliphatic carbocycles. The average molecular weight is 327 g/mol. The number of benzene rings is 1. The van der Waals surface area contributed by atoms with E-state index in [0.29, 0.717) is 36.2 Å². The lowest BCUT2D eigenvalue weighted by molar-refractivity contribution is 0.145. The monoisotopic (exact) mass is 327 g/mol. The Morgan fingerprint density at radius 3 is 2.86 bits per heavy atom. The smallest absolute Gasteiger partial charge is 0.151 e. The minimum absolute atomic E-state index is 0.0502. The van der Waals surface area contributed by atoms with E-state index in [-0.39, 0.29) is 30.0 Å². The minimum Gasteiger partial charge on any atom is -0.460 e. The summed E-state index contributed by atoms with van der Waals surface area (Å²) in [5.74, 6) is 0.611. The molecule has 0 saturated carbocycles. The summed E-state index contributed by atoms with van der Waals surface area (Å²) in [6.45, 7) is 0.730. The van der Waals surface area contributed by atoms with Crippen LogP contribution in [0.2, 0.25) is 0 Å². The van der Waals surface area contributed by atoms with E-state index in [0.717, 1.165) is 0 Å². The lowest BCUT2D eigenvalue weighted by Gasteiger charge is -2.26. The van der Waals surface area contributed by atoms with Gasteiger partial charge < -0.3 is 9.52 Å². The molecule has 0 radical (unpaired) electrons. The van der Waals surface area contributed by atoms with Crippen molar-refractivity contribution in [3.63, 3.8) is 0 Å². The van der Waals surface area contributed by atoms with Gasteiger partial charge in [0.2, 0.25) is 0 Å². The van der Waals surface area contributed by atoms with E-state index in [1.165, 1.54) is 12.1 Å². The van der Waals surface area contributed by atoms with Crippen LogP contribution in [0.1, 0.15) is 12.2 Å². The van der Waals surface area contributed by atoms with Crippen molar-refractivity contribution in [1.82, 2.24) is 4.90 Å². The molecule has 0 bridgehead atoms. The van der Waals surface area contributed by atoms with Gasteiger partial charge in [-0.1, -0.05) is 0 Å². The lowest BCUT2D eigenvalue weighted by atomic mass is 10.2. The van der Waals surface area contributed by atoms with E-state index >= 15 is 0 Å². The van der Waals surface area contributed by atoms with Crippen LogP contribution in [0, 0.1) is 5.82 Å². The summed E-state index contributed by atoms with van der Waals surface area (Å²) < 4.78 is 42.1. The van der Waals surface area contributed by atoms with E-state index in [1.807, 2.05) is 4.90 Å². The maximum Gasteiger partial charge on any atom is 0.151 e.